The molecule has 0 unspecified atom stereocenters. The third-order valence-electron chi connectivity index (χ3n) is 2.40. The molecule has 17 heavy (non-hydrogen) atoms. The van der Waals surface area contributed by atoms with Crippen molar-refractivity contribution in [3.63, 3.8) is 0 Å². The molecular weight excluding hydrogens is 253 g/mol. The van der Waals surface area contributed by atoms with E-state index in [2.05, 4.69) is 9.05 Å². The van der Waals surface area contributed by atoms with Gasteiger partial charge >= 0.3 is 13.5 Å². The van der Waals surface area contributed by atoms with Gasteiger partial charge < -0.3 is 9.05 Å². The summed E-state index contributed by atoms with van der Waals surface area (Å²) >= 11 is 0. The summed E-state index contributed by atoms with van der Waals surface area (Å²) in [5.41, 5.74) is 0. The minimum atomic E-state index is -3.70. The average molecular weight is 272 g/mol. The van der Waals surface area contributed by atoms with Crippen molar-refractivity contribution in [2.24, 2.45) is 0 Å². The third kappa shape index (κ3) is 5.70. The number of unbranched alkanes of at least 4 members (excludes halogenated alkanes) is 2. The first-order valence-corrected chi connectivity index (χ1v) is 7.15. The number of hydrogen-bond acceptors (Lipinski definition) is 4. The molecule has 0 aromatic rings. The van der Waals surface area contributed by atoms with E-state index < -0.39 is 31.9 Å². The normalized spacial score (nSPS) is 12.8. The number of carbonyl (C=O) groups is 1. The van der Waals surface area contributed by atoms with Gasteiger partial charge in [0.25, 0.3) is 0 Å². The van der Waals surface area contributed by atoms with Gasteiger partial charge in [0.2, 0.25) is 5.78 Å². The molecule has 0 fully saturated rings. The number of rotatable bonds is 9. The second kappa shape index (κ2) is 7.19. The molecule has 7 heteroatoms. The van der Waals surface area contributed by atoms with Crippen LogP contribution in [0.4, 0.5) is 8.78 Å². The fourth-order valence-electron chi connectivity index (χ4n) is 1.23. The maximum absolute atomic E-state index is 13.4. The predicted molar refractivity (Wildman–Crippen MR) is 60.6 cm³/mol. The fourth-order valence-corrected chi connectivity index (χ4v) is 2.22. The smallest absolute Gasteiger partial charge is 0.312 e. The van der Waals surface area contributed by atoms with Gasteiger partial charge in [-0.25, -0.2) is 0 Å². The Kier molecular flexibility index (Phi) is 7.05. The van der Waals surface area contributed by atoms with Crippen LogP contribution in [0.1, 0.15) is 32.6 Å². The van der Waals surface area contributed by atoms with E-state index in [1.807, 2.05) is 6.92 Å². The molecule has 102 valence electrons. The largest absolute Gasteiger partial charge is 0.337 e. The molecule has 0 heterocycles. The lowest BCUT2D eigenvalue weighted by molar-refractivity contribution is -0.141. The van der Waals surface area contributed by atoms with E-state index in [1.165, 1.54) is 0 Å². The Hall–Kier alpha value is -0.320. The predicted octanol–water partition coefficient (Wildman–Crippen LogP) is 3.26. The molecule has 4 nitrogen and oxygen atoms in total. The molecule has 0 aliphatic heterocycles. The van der Waals surface area contributed by atoms with E-state index in [4.69, 9.17) is 0 Å². The van der Waals surface area contributed by atoms with Crippen LogP contribution in [-0.4, -0.2) is 32.1 Å². The number of carbonyl (C=O) groups excluding carboxylic acids is 1. The zero-order valence-corrected chi connectivity index (χ0v) is 11.3. The van der Waals surface area contributed by atoms with Gasteiger partial charge in [-0.1, -0.05) is 19.8 Å². The fraction of sp³-hybridized carbons (Fsp3) is 0.900. The van der Waals surface area contributed by atoms with Crippen molar-refractivity contribution >= 4 is 13.4 Å². The summed E-state index contributed by atoms with van der Waals surface area (Å²) in [5, 5.41) is 0. The molecule has 0 amide bonds. The molecule has 0 bridgehead atoms. The Balaban J connectivity index is 4.42. The highest BCUT2D eigenvalue weighted by Crippen LogP contribution is 2.47. The van der Waals surface area contributed by atoms with Gasteiger partial charge in [0.05, 0.1) is 0 Å². The second-order valence-corrected chi connectivity index (χ2v) is 5.99. The molecule has 0 radical (unpaired) electrons. The van der Waals surface area contributed by atoms with E-state index in [-0.39, 0.29) is 6.42 Å². The monoisotopic (exact) mass is 272 g/mol. The summed E-state index contributed by atoms with van der Waals surface area (Å²) in [5.74, 6) is -4.84. The third-order valence-corrected chi connectivity index (χ3v) is 4.18. The summed E-state index contributed by atoms with van der Waals surface area (Å²) in [6, 6.07) is 0. The van der Waals surface area contributed by atoms with Gasteiger partial charge in [-0.05, 0) is 6.42 Å². The summed E-state index contributed by atoms with van der Waals surface area (Å²) in [7, 11) is -1.58. The van der Waals surface area contributed by atoms with E-state index in [9.17, 15) is 18.1 Å². The molecule has 0 saturated heterocycles. The van der Waals surface area contributed by atoms with Crippen molar-refractivity contribution in [1.29, 1.82) is 0 Å². The zero-order chi connectivity index (χ0) is 13.5. The van der Waals surface area contributed by atoms with Crippen molar-refractivity contribution in [2.75, 3.05) is 20.4 Å². The Morgan fingerprint density at radius 2 is 1.76 bits per heavy atom. The minimum Gasteiger partial charge on any atom is -0.312 e. The van der Waals surface area contributed by atoms with Crippen LogP contribution in [0, 0.1) is 0 Å². The Morgan fingerprint density at radius 3 is 2.18 bits per heavy atom. The second-order valence-electron chi connectivity index (χ2n) is 3.72. The highest BCUT2D eigenvalue weighted by atomic mass is 31.2. The maximum atomic E-state index is 13.4. The number of ketones is 1. The summed E-state index contributed by atoms with van der Waals surface area (Å²) in [4.78, 5) is 11.3. The van der Waals surface area contributed by atoms with Crippen LogP contribution in [0.2, 0.25) is 0 Å². The zero-order valence-electron chi connectivity index (χ0n) is 10.4. The molecule has 0 aromatic carbocycles. The van der Waals surface area contributed by atoms with Crippen molar-refractivity contribution in [1.82, 2.24) is 0 Å². The molecule has 0 atom stereocenters. The van der Waals surface area contributed by atoms with E-state index in [0.29, 0.717) is 6.42 Å². The molecule has 0 N–H and O–H groups in total. The van der Waals surface area contributed by atoms with Crippen LogP contribution in [0.5, 0.6) is 0 Å². The highest BCUT2D eigenvalue weighted by Gasteiger charge is 2.42. The quantitative estimate of drug-likeness (QED) is 0.477. The average Bonchev–Trinajstić information content (AvgIpc) is 2.29. The first kappa shape index (κ1) is 16.7. The Bertz CT molecular complexity index is 286. The number of hydrogen-bond donors (Lipinski definition) is 0. The first-order chi connectivity index (χ1) is 7.81. The SMILES string of the molecule is CCCCCC(F)(F)C(=O)CP(=O)(OC)OC. The van der Waals surface area contributed by atoms with Crippen LogP contribution in [0.3, 0.4) is 0 Å². The van der Waals surface area contributed by atoms with Crippen LogP contribution in [0.25, 0.3) is 0 Å². The number of halogens is 2. The van der Waals surface area contributed by atoms with Gasteiger partial charge in [0.1, 0.15) is 6.16 Å². The minimum absolute atomic E-state index is 0.263. The maximum Gasteiger partial charge on any atom is 0.337 e. The summed E-state index contributed by atoms with van der Waals surface area (Å²) < 4.78 is 47.2. The lowest BCUT2D eigenvalue weighted by atomic mass is 10.1. The Labute approximate surface area is 100 Å². The summed E-state index contributed by atoms with van der Waals surface area (Å²) in [6.45, 7) is 1.88. The molecule has 0 saturated carbocycles. The van der Waals surface area contributed by atoms with Crippen LogP contribution < -0.4 is 0 Å². The molecule has 0 aliphatic carbocycles. The van der Waals surface area contributed by atoms with Crippen LogP contribution in [-0.2, 0) is 18.4 Å². The Morgan fingerprint density at radius 1 is 1.24 bits per heavy atom. The van der Waals surface area contributed by atoms with Gasteiger partial charge in [0.15, 0.2) is 0 Å². The molecule has 0 aliphatic rings. The van der Waals surface area contributed by atoms with Gasteiger partial charge in [0, 0.05) is 20.6 Å². The van der Waals surface area contributed by atoms with E-state index in [1.54, 1.807) is 0 Å². The highest BCUT2D eigenvalue weighted by molar-refractivity contribution is 7.54. The first-order valence-electron chi connectivity index (χ1n) is 5.43. The summed E-state index contributed by atoms with van der Waals surface area (Å²) in [6.07, 6.45) is 0.278. The molecule has 0 aromatic heterocycles. The van der Waals surface area contributed by atoms with Crippen LogP contribution in [0.15, 0.2) is 0 Å². The lowest BCUT2D eigenvalue weighted by Gasteiger charge is -2.18. The molecular formula is C10H19F2O4P. The van der Waals surface area contributed by atoms with Crippen LogP contribution >= 0.6 is 7.60 Å². The van der Waals surface area contributed by atoms with E-state index in [0.717, 1.165) is 20.6 Å². The van der Waals surface area contributed by atoms with Crippen molar-refractivity contribution in [2.45, 2.75) is 38.5 Å². The molecule has 0 spiro atoms. The van der Waals surface area contributed by atoms with Crippen molar-refractivity contribution < 1.29 is 27.2 Å². The van der Waals surface area contributed by atoms with Gasteiger partial charge in [-0.2, -0.15) is 8.78 Å². The molecule has 0 rings (SSSR count). The topological polar surface area (TPSA) is 52.6 Å². The number of alkyl halides is 2. The number of Topliss-reactive ketones (excluding diaryl/α,β-unsaturated/α-hetero) is 1. The van der Waals surface area contributed by atoms with Gasteiger partial charge in [-0.3, -0.25) is 9.36 Å². The van der Waals surface area contributed by atoms with Crippen molar-refractivity contribution in [3.05, 3.63) is 0 Å². The standard InChI is InChI=1S/C10H19F2O4P/c1-4-5-6-7-10(11,12)9(13)8-17(14,15-2)16-3/h4-8H2,1-3H3. The van der Waals surface area contributed by atoms with Gasteiger partial charge in [-0.15, -0.1) is 0 Å². The van der Waals surface area contributed by atoms with Crippen molar-refractivity contribution in [3.8, 4) is 0 Å². The van der Waals surface area contributed by atoms with E-state index >= 15 is 0 Å². The lowest BCUT2D eigenvalue weighted by Crippen LogP contribution is -2.31.